The molecule has 1 fully saturated rings. The quantitative estimate of drug-likeness (QED) is 0.875. The molecule has 1 aliphatic heterocycles. The highest BCUT2D eigenvalue weighted by molar-refractivity contribution is 5.95. The molecule has 2 rings (SSSR count). The molecule has 6 heteroatoms. The molecule has 0 aromatic heterocycles. The van der Waals surface area contributed by atoms with Crippen LogP contribution in [-0.2, 0) is 0 Å². The van der Waals surface area contributed by atoms with Crippen molar-refractivity contribution in [2.24, 2.45) is 11.7 Å². The monoisotopic (exact) mass is 361 g/mol. The molecule has 1 aliphatic rings. The van der Waals surface area contributed by atoms with Crippen molar-refractivity contribution in [3.05, 3.63) is 29.8 Å². The number of hydrogen-bond acceptors (Lipinski definition) is 3. The number of likely N-dealkylation sites (tertiary alicyclic amines) is 1. The van der Waals surface area contributed by atoms with E-state index in [1.165, 1.54) is 0 Å². The van der Waals surface area contributed by atoms with Crippen LogP contribution in [0.15, 0.2) is 24.3 Å². The maximum absolute atomic E-state index is 12.6. The van der Waals surface area contributed by atoms with Crippen LogP contribution in [0.1, 0.15) is 37.0 Å². The lowest BCUT2D eigenvalue weighted by Crippen LogP contribution is -2.34. The molecule has 0 saturated carbocycles. The summed E-state index contributed by atoms with van der Waals surface area (Å²) in [4.78, 5) is 16.8. The number of anilines is 1. The van der Waals surface area contributed by atoms with Gasteiger partial charge in [0.25, 0.3) is 5.91 Å². The Kier molecular flexibility index (Phi) is 9.59. The van der Waals surface area contributed by atoms with Crippen molar-refractivity contribution >= 4 is 36.4 Å². The number of nitrogens with two attached hydrogens (primary N) is 1. The predicted octanol–water partition coefficient (Wildman–Crippen LogP) is 3.19. The summed E-state index contributed by atoms with van der Waals surface area (Å²) in [5, 5.41) is 0. The summed E-state index contributed by atoms with van der Waals surface area (Å²) < 4.78 is 0. The second-order valence-corrected chi connectivity index (χ2v) is 6.11. The van der Waals surface area contributed by atoms with Crippen molar-refractivity contribution in [3.8, 4) is 0 Å². The molecule has 132 valence electrons. The first-order chi connectivity index (χ1) is 10.1. The highest BCUT2D eigenvalue weighted by Crippen LogP contribution is 2.24. The first kappa shape index (κ1) is 22.0. The number of halogens is 2. The highest BCUT2D eigenvalue weighted by atomic mass is 35.5. The molecule has 4 nitrogen and oxygen atoms in total. The molecule has 2 N–H and O–H groups in total. The number of carbonyl (C=O) groups is 1. The van der Waals surface area contributed by atoms with E-state index in [0.29, 0.717) is 12.5 Å². The van der Waals surface area contributed by atoms with Crippen LogP contribution in [0.2, 0.25) is 0 Å². The average Bonchev–Trinajstić information content (AvgIpc) is 2.88. The molecule has 0 spiro atoms. The maximum Gasteiger partial charge on any atom is 0.254 e. The van der Waals surface area contributed by atoms with Crippen LogP contribution < -0.4 is 10.6 Å². The molecule has 23 heavy (non-hydrogen) atoms. The number of carbonyl (C=O) groups excluding carboxylic acids is 1. The van der Waals surface area contributed by atoms with Gasteiger partial charge in [0, 0.05) is 37.4 Å². The molecular weight excluding hydrogens is 333 g/mol. The molecule has 2 atom stereocenters. The van der Waals surface area contributed by atoms with Crippen molar-refractivity contribution in [1.82, 2.24) is 4.90 Å². The van der Waals surface area contributed by atoms with E-state index in [2.05, 4.69) is 25.8 Å². The number of amides is 1. The average molecular weight is 362 g/mol. The van der Waals surface area contributed by atoms with Crippen LogP contribution in [-0.4, -0.2) is 43.5 Å². The fourth-order valence-electron chi connectivity index (χ4n) is 3.08. The Hall–Kier alpha value is -0.970. The van der Waals surface area contributed by atoms with Crippen molar-refractivity contribution in [2.75, 3.05) is 31.6 Å². The highest BCUT2D eigenvalue weighted by Gasteiger charge is 2.31. The Labute approximate surface area is 152 Å². The van der Waals surface area contributed by atoms with Gasteiger partial charge in [-0.1, -0.05) is 6.92 Å². The third-order valence-electron chi connectivity index (χ3n) is 4.37. The van der Waals surface area contributed by atoms with E-state index < -0.39 is 0 Å². The molecule has 1 saturated heterocycles. The third kappa shape index (κ3) is 5.27. The van der Waals surface area contributed by atoms with Crippen LogP contribution >= 0.6 is 24.8 Å². The van der Waals surface area contributed by atoms with Gasteiger partial charge in [-0.15, -0.1) is 24.8 Å². The number of nitrogens with zero attached hydrogens (tertiary/aromatic N) is 2. The Bertz CT molecular complexity index is 481. The Morgan fingerprint density at radius 3 is 2.39 bits per heavy atom. The smallest absolute Gasteiger partial charge is 0.254 e. The van der Waals surface area contributed by atoms with E-state index in [-0.39, 0.29) is 36.8 Å². The van der Waals surface area contributed by atoms with Gasteiger partial charge < -0.3 is 15.5 Å². The van der Waals surface area contributed by atoms with Crippen LogP contribution in [0.25, 0.3) is 0 Å². The second-order valence-electron chi connectivity index (χ2n) is 6.11. The maximum atomic E-state index is 12.6. The minimum absolute atomic E-state index is 0. The van der Waals surface area contributed by atoms with Gasteiger partial charge >= 0.3 is 0 Å². The van der Waals surface area contributed by atoms with Gasteiger partial charge in [-0.3, -0.25) is 4.79 Å². The first-order valence-electron chi connectivity index (χ1n) is 7.89. The van der Waals surface area contributed by atoms with E-state index >= 15 is 0 Å². The van der Waals surface area contributed by atoms with Crippen molar-refractivity contribution in [1.29, 1.82) is 0 Å². The first-order valence-corrected chi connectivity index (χ1v) is 7.89. The zero-order valence-corrected chi connectivity index (χ0v) is 15.8. The van der Waals surface area contributed by atoms with Gasteiger partial charge in [-0.2, -0.15) is 0 Å². The summed E-state index contributed by atoms with van der Waals surface area (Å²) in [6, 6.07) is 8.22. The summed E-state index contributed by atoms with van der Waals surface area (Å²) in [7, 11) is 2.08. The van der Waals surface area contributed by atoms with Crippen molar-refractivity contribution in [3.63, 3.8) is 0 Å². The topological polar surface area (TPSA) is 49.6 Å². The molecule has 1 aromatic rings. The Morgan fingerprint density at radius 2 is 1.91 bits per heavy atom. The molecule has 0 bridgehead atoms. The number of benzene rings is 1. The van der Waals surface area contributed by atoms with Crippen LogP contribution in [0.5, 0.6) is 0 Å². The SMILES string of the molecule is CCCN(C)c1ccc(C(=O)N2CC(CN)CC2C)cc1.Cl.Cl. The van der Waals surface area contributed by atoms with Gasteiger partial charge in [0.05, 0.1) is 0 Å². The fraction of sp³-hybridized carbons (Fsp3) is 0.588. The molecular formula is C17H29Cl2N3O. The molecule has 1 aromatic carbocycles. The summed E-state index contributed by atoms with van der Waals surface area (Å²) in [6.45, 7) is 6.74. The lowest BCUT2D eigenvalue weighted by Gasteiger charge is -2.22. The fourth-order valence-corrected chi connectivity index (χ4v) is 3.08. The predicted molar refractivity (Wildman–Crippen MR) is 102 cm³/mol. The largest absolute Gasteiger partial charge is 0.375 e. The minimum atomic E-state index is 0. The van der Waals surface area contributed by atoms with Crippen LogP contribution in [0, 0.1) is 5.92 Å². The zero-order chi connectivity index (χ0) is 15.4. The van der Waals surface area contributed by atoms with Gasteiger partial charge in [0.15, 0.2) is 0 Å². The summed E-state index contributed by atoms with van der Waals surface area (Å²) in [6.07, 6.45) is 2.13. The van der Waals surface area contributed by atoms with Gasteiger partial charge in [-0.25, -0.2) is 0 Å². The number of rotatable bonds is 5. The van der Waals surface area contributed by atoms with Crippen LogP contribution in [0.4, 0.5) is 5.69 Å². The van der Waals surface area contributed by atoms with E-state index in [0.717, 1.165) is 37.2 Å². The summed E-state index contributed by atoms with van der Waals surface area (Å²) in [5.41, 5.74) is 7.66. The lowest BCUT2D eigenvalue weighted by molar-refractivity contribution is 0.0743. The normalized spacial score (nSPS) is 19.7. The summed E-state index contributed by atoms with van der Waals surface area (Å²) in [5.74, 6) is 0.571. The van der Waals surface area contributed by atoms with Crippen molar-refractivity contribution < 1.29 is 4.79 Å². The minimum Gasteiger partial charge on any atom is -0.375 e. The van der Waals surface area contributed by atoms with E-state index in [4.69, 9.17) is 5.73 Å². The van der Waals surface area contributed by atoms with Crippen molar-refractivity contribution in [2.45, 2.75) is 32.7 Å². The molecule has 2 unspecified atom stereocenters. The molecule has 0 radical (unpaired) electrons. The van der Waals surface area contributed by atoms with E-state index in [1.54, 1.807) is 0 Å². The van der Waals surface area contributed by atoms with E-state index in [1.807, 2.05) is 29.2 Å². The van der Waals surface area contributed by atoms with Gasteiger partial charge in [0.1, 0.15) is 0 Å². The molecule has 1 amide bonds. The third-order valence-corrected chi connectivity index (χ3v) is 4.37. The summed E-state index contributed by atoms with van der Waals surface area (Å²) >= 11 is 0. The number of hydrogen-bond donors (Lipinski definition) is 1. The van der Waals surface area contributed by atoms with Crippen LogP contribution in [0.3, 0.4) is 0 Å². The second kappa shape index (κ2) is 10.0. The molecule has 0 aliphatic carbocycles. The standard InChI is InChI=1S/C17H27N3O.2ClH/c1-4-9-19(3)16-7-5-15(6-8-16)17(21)20-12-14(11-18)10-13(20)2;;/h5-8,13-14H,4,9-12,18H2,1-3H3;2*1H. The molecule has 1 heterocycles. The Morgan fingerprint density at radius 1 is 1.30 bits per heavy atom. The zero-order valence-electron chi connectivity index (χ0n) is 14.2. The van der Waals surface area contributed by atoms with E-state index in [9.17, 15) is 4.79 Å². The lowest BCUT2D eigenvalue weighted by atomic mass is 10.1. The van der Waals surface area contributed by atoms with Gasteiger partial charge in [0.2, 0.25) is 0 Å². The van der Waals surface area contributed by atoms with Gasteiger partial charge in [-0.05, 0) is 56.5 Å². The Balaban J connectivity index is 0.00000242.